The molecule has 0 bridgehead atoms. The van der Waals surface area contributed by atoms with Gasteiger partial charge in [-0.2, -0.15) is 0 Å². The largest absolute Gasteiger partial charge is 0.309 e. The number of nitrogens with zero attached hydrogens (tertiary/aromatic N) is 1. The van der Waals surface area contributed by atoms with E-state index in [1.165, 1.54) is 120 Å². The van der Waals surface area contributed by atoms with E-state index in [9.17, 15) is 0 Å². The molecule has 65 heavy (non-hydrogen) atoms. The fourth-order valence-electron chi connectivity index (χ4n) is 11.5. The van der Waals surface area contributed by atoms with Crippen LogP contribution in [0, 0.1) is 0 Å². The molecular formula is C63H39NS. The van der Waals surface area contributed by atoms with Crippen LogP contribution in [0.3, 0.4) is 0 Å². The normalized spacial score (nSPS) is 13.4. The average Bonchev–Trinajstić information content (AvgIpc) is 4.09. The lowest BCUT2D eigenvalue weighted by molar-refractivity contribution is 0.793. The van der Waals surface area contributed by atoms with Crippen molar-refractivity contribution in [2.75, 3.05) is 0 Å². The zero-order valence-electron chi connectivity index (χ0n) is 35.4. The number of hydrogen-bond acceptors (Lipinski definition) is 1. The Morgan fingerprint density at radius 1 is 0.369 bits per heavy atom. The number of hydrogen-bond donors (Lipinski definition) is 0. The average molecular weight is 842 g/mol. The second-order valence-electron chi connectivity index (χ2n) is 17.6. The molecule has 0 N–H and O–H groups in total. The van der Waals surface area contributed by atoms with Crippen LogP contribution in [-0.2, 0) is 5.41 Å². The summed E-state index contributed by atoms with van der Waals surface area (Å²) >= 11 is 1.87. The standard InChI is InChI=1S/C63H39NS/c1-3-15-41(16-4-1)42-28-31-49-50-32-29-44(39-60(50)64(59(49)38-42)45-17-5-2-6-18-45)52(43-30-34-62-54(37-43)51-22-10-14-26-61(51)65-62)35-40-27-33-58-53(36-40)48-21-9-13-25-57(48)63(58)55-23-11-7-19-46(55)47-20-8-12-24-56(47)63/h1-39H/b52-35-. The molecule has 1 nitrogen and oxygen atoms in total. The molecule has 0 fully saturated rings. The van der Waals surface area contributed by atoms with Crippen molar-refractivity contribution >= 4 is 65.0 Å². The second kappa shape index (κ2) is 14.0. The topological polar surface area (TPSA) is 4.93 Å². The van der Waals surface area contributed by atoms with Crippen LogP contribution in [0.1, 0.15) is 38.9 Å². The van der Waals surface area contributed by atoms with Gasteiger partial charge in [-0.25, -0.2) is 0 Å². The van der Waals surface area contributed by atoms with Gasteiger partial charge in [0.05, 0.1) is 16.4 Å². The third kappa shape index (κ3) is 5.26. The fraction of sp³-hybridized carbons (Fsp3) is 0.0159. The van der Waals surface area contributed by atoms with Gasteiger partial charge in [-0.15, -0.1) is 11.3 Å². The highest BCUT2D eigenvalue weighted by Crippen LogP contribution is 2.62. The first kappa shape index (κ1) is 36.4. The molecule has 0 amide bonds. The van der Waals surface area contributed by atoms with Crippen molar-refractivity contribution in [1.82, 2.24) is 4.57 Å². The maximum Gasteiger partial charge on any atom is 0.0725 e. The van der Waals surface area contributed by atoms with Crippen molar-refractivity contribution in [2.24, 2.45) is 0 Å². The number of para-hydroxylation sites is 1. The van der Waals surface area contributed by atoms with Crippen LogP contribution in [0.4, 0.5) is 0 Å². The maximum absolute atomic E-state index is 2.46. The van der Waals surface area contributed by atoms with Gasteiger partial charge in [0.25, 0.3) is 0 Å². The lowest BCUT2D eigenvalue weighted by Crippen LogP contribution is -2.25. The van der Waals surface area contributed by atoms with Gasteiger partial charge in [0.1, 0.15) is 0 Å². The molecule has 2 heterocycles. The molecule has 10 aromatic carbocycles. The summed E-state index contributed by atoms with van der Waals surface area (Å²) in [7, 11) is 0. The number of thiophene rings is 1. The summed E-state index contributed by atoms with van der Waals surface area (Å²) in [5.41, 5.74) is 21.0. The molecule has 2 heteroatoms. The molecule has 0 unspecified atom stereocenters. The van der Waals surface area contributed by atoms with Crippen molar-refractivity contribution in [1.29, 1.82) is 0 Å². The predicted molar refractivity (Wildman–Crippen MR) is 275 cm³/mol. The second-order valence-corrected chi connectivity index (χ2v) is 18.6. The highest BCUT2D eigenvalue weighted by Gasteiger charge is 2.51. The minimum absolute atomic E-state index is 0.370. The molecule has 12 aromatic rings. The number of fused-ring (bicyclic) bond motifs is 16. The predicted octanol–water partition coefficient (Wildman–Crippen LogP) is 16.8. The van der Waals surface area contributed by atoms with Gasteiger partial charge in [0.2, 0.25) is 0 Å². The molecule has 2 aliphatic rings. The molecule has 0 saturated heterocycles. The highest BCUT2D eigenvalue weighted by atomic mass is 32.1. The minimum atomic E-state index is -0.370. The van der Waals surface area contributed by atoms with Gasteiger partial charge in [0.15, 0.2) is 0 Å². The molecule has 1 spiro atoms. The Hall–Kier alpha value is -8.04. The Kier molecular flexibility index (Phi) is 7.84. The van der Waals surface area contributed by atoms with Gasteiger partial charge in [-0.1, -0.05) is 182 Å². The summed E-state index contributed by atoms with van der Waals surface area (Å²) in [4.78, 5) is 0. The summed E-state index contributed by atoms with van der Waals surface area (Å²) in [6, 6.07) is 85.9. The third-order valence-electron chi connectivity index (χ3n) is 14.2. The molecule has 0 aliphatic heterocycles. The summed E-state index contributed by atoms with van der Waals surface area (Å²) in [5, 5.41) is 5.08. The lowest BCUT2D eigenvalue weighted by Gasteiger charge is -2.30. The Morgan fingerprint density at radius 3 is 1.66 bits per heavy atom. The molecule has 2 aromatic heterocycles. The molecule has 14 rings (SSSR count). The monoisotopic (exact) mass is 841 g/mol. The van der Waals surface area contributed by atoms with Crippen molar-refractivity contribution in [3.8, 4) is 39.1 Å². The van der Waals surface area contributed by atoms with Crippen LogP contribution in [-0.4, -0.2) is 4.57 Å². The first-order valence-corrected chi connectivity index (χ1v) is 23.3. The van der Waals surface area contributed by atoms with E-state index in [1.807, 2.05) is 11.3 Å². The van der Waals surface area contributed by atoms with Gasteiger partial charge < -0.3 is 4.57 Å². The maximum atomic E-state index is 2.46. The molecule has 302 valence electrons. The highest BCUT2D eigenvalue weighted by molar-refractivity contribution is 7.25. The van der Waals surface area contributed by atoms with Crippen LogP contribution in [0.25, 0.3) is 92.7 Å². The first-order valence-electron chi connectivity index (χ1n) is 22.5. The number of aromatic nitrogens is 1. The van der Waals surface area contributed by atoms with E-state index >= 15 is 0 Å². The number of benzene rings is 10. The third-order valence-corrected chi connectivity index (χ3v) is 15.4. The Bertz CT molecular complexity index is 3890. The van der Waals surface area contributed by atoms with Crippen LogP contribution in [0.15, 0.2) is 231 Å². The van der Waals surface area contributed by atoms with E-state index < -0.39 is 0 Å². The van der Waals surface area contributed by atoms with E-state index in [1.54, 1.807) is 0 Å². The molecule has 2 aliphatic carbocycles. The zero-order valence-corrected chi connectivity index (χ0v) is 36.2. The summed E-state index contributed by atoms with van der Waals surface area (Å²) in [5.74, 6) is 0. The van der Waals surface area contributed by atoms with Gasteiger partial charge in [-0.3, -0.25) is 0 Å². The van der Waals surface area contributed by atoms with Gasteiger partial charge in [-0.05, 0) is 133 Å². The van der Waals surface area contributed by atoms with Crippen LogP contribution >= 0.6 is 11.3 Å². The van der Waals surface area contributed by atoms with Crippen molar-refractivity contribution in [3.63, 3.8) is 0 Å². The number of rotatable bonds is 5. The van der Waals surface area contributed by atoms with E-state index in [2.05, 4.69) is 241 Å². The fourth-order valence-corrected chi connectivity index (χ4v) is 12.5. The van der Waals surface area contributed by atoms with Gasteiger partial charge in [0, 0.05) is 36.6 Å². The van der Waals surface area contributed by atoms with Crippen molar-refractivity contribution < 1.29 is 0 Å². The quantitative estimate of drug-likeness (QED) is 0.152. The minimum Gasteiger partial charge on any atom is -0.309 e. The van der Waals surface area contributed by atoms with E-state index in [4.69, 9.17) is 0 Å². The van der Waals surface area contributed by atoms with Crippen LogP contribution in [0.2, 0.25) is 0 Å². The van der Waals surface area contributed by atoms with Crippen LogP contribution < -0.4 is 0 Å². The lowest BCUT2D eigenvalue weighted by atomic mass is 9.70. The van der Waals surface area contributed by atoms with Crippen molar-refractivity contribution in [2.45, 2.75) is 5.41 Å². The van der Waals surface area contributed by atoms with Crippen LogP contribution in [0.5, 0.6) is 0 Å². The summed E-state index contributed by atoms with van der Waals surface area (Å²) in [6.07, 6.45) is 2.43. The molecule has 0 atom stereocenters. The summed E-state index contributed by atoms with van der Waals surface area (Å²) in [6.45, 7) is 0. The van der Waals surface area contributed by atoms with E-state index in [0.29, 0.717) is 0 Å². The zero-order chi connectivity index (χ0) is 42.6. The molecule has 0 radical (unpaired) electrons. The summed E-state index contributed by atoms with van der Waals surface area (Å²) < 4.78 is 5.08. The SMILES string of the molecule is C(=C(\c1ccc2sc3ccccc3c2c1)c1ccc2c3ccc(-c4ccccc4)cc3n(-c3ccccc3)c2c1)/c1ccc2c(c1)-c1ccccc1C21c2ccccc2-c2ccccc21. The van der Waals surface area contributed by atoms with Crippen molar-refractivity contribution in [3.05, 3.63) is 269 Å². The Balaban J connectivity index is 1.01. The first-order chi connectivity index (χ1) is 32.2. The Morgan fingerprint density at radius 2 is 0.923 bits per heavy atom. The smallest absolute Gasteiger partial charge is 0.0725 e. The Labute approximate surface area is 381 Å². The van der Waals surface area contributed by atoms with Gasteiger partial charge >= 0.3 is 0 Å². The molecule has 0 saturated carbocycles. The van der Waals surface area contributed by atoms with E-state index in [-0.39, 0.29) is 5.41 Å². The molecular weight excluding hydrogens is 803 g/mol. The van der Waals surface area contributed by atoms with E-state index in [0.717, 1.165) is 5.69 Å².